The van der Waals surface area contributed by atoms with Gasteiger partial charge in [0.1, 0.15) is 5.82 Å². The number of hydrogen-bond donors (Lipinski definition) is 2. The fourth-order valence-corrected chi connectivity index (χ4v) is 0.622. The van der Waals surface area contributed by atoms with Crippen molar-refractivity contribution in [1.29, 1.82) is 0 Å². The third-order valence-electron chi connectivity index (χ3n) is 1.07. The molecule has 0 atom stereocenters. The van der Waals surface area contributed by atoms with Crippen LogP contribution in [-0.4, -0.2) is 25.7 Å². The van der Waals surface area contributed by atoms with Gasteiger partial charge in [0.25, 0.3) is 0 Å². The summed E-state index contributed by atoms with van der Waals surface area (Å²) in [5, 5.41) is 12.7. The molecule has 0 spiro atoms. The lowest BCUT2D eigenvalue weighted by Gasteiger charge is -1.91. The minimum Gasteiger partial charge on any atom is -0.478 e. The van der Waals surface area contributed by atoms with Crippen LogP contribution in [0.15, 0.2) is 24.3 Å². The minimum absolute atomic E-state index is 0.0278. The summed E-state index contributed by atoms with van der Waals surface area (Å²) in [6.45, 7) is 0. The predicted molar refractivity (Wildman–Crippen MR) is 52.4 cm³/mol. The number of aromatic carboxylic acids is 1. The number of sulfonamides is 1. The van der Waals surface area contributed by atoms with Gasteiger partial charge in [0.15, 0.2) is 0 Å². The van der Waals surface area contributed by atoms with E-state index in [-0.39, 0.29) is 5.56 Å². The van der Waals surface area contributed by atoms with E-state index in [1.54, 1.807) is 0 Å². The first-order valence-corrected chi connectivity index (χ1v) is 5.62. The number of carbonyl (C=O) groups is 1. The summed E-state index contributed by atoms with van der Waals surface area (Å²) in [6.07, 6.45) is 0.938. The molecule has 84 valence electrons. The zero-order valence-corrected chi connectivity index (χ0v) is 8.66. The van der Waals surface area contributed by atoms with Crippen molar-refractivity contribution in [3.63, 3.8) is 0 Å². The van der Waals surface area contributed by atoms with Crippen LogP contribution in [0.1, 0.15) is 10.4 Å². The van der Waals surface area contributed by atoms with Crippen LogP contribution in [0.25, 0.3) is 0 Å². The van der Waals surface area contributed by atoms with Crippen LogP contribution in [0.4, 0.5) is 4.39 Å². The van der Waals surface area contributed by atoms with Gasteiger partial charge in [0.05, 0.1) is 11.8 Å². The summed E-state index contributed by atoms with van der Waals surface area (Å²) in [5.41, 5.74) is -0.0278. The lowest BCUT2D eigenvalue weighted by molar-refractivity contribution is 0.0696. The Kier molecular flexibility index (Phi) is 4.89. The smallest absolute Gasteiger partial charge is 0.335 e. The van der Waals surface area contributed by atoms with Gasteiger partial charge in [-0.2, -0.15) is 0 Å². The van der Waals surface area contributed by atoms with Crippen molar-refractivity contribution in [1.82, 2.24) is 0 Å². The number of nitrogens with two attached hydrogens (primary N) is 1. The minimum atomic E-state index is -3.17. The SMILES string of the molecule is CS(N)(=O)=O.O=C(O)c1cccc(F)c1. The van der Waals surface area contributed by atoms with Crippen molar-refractivity contribution in [2.45, 2.75) is 0 Å². The third kappa shape index (κ3) is 8.85. The van der Waals surface area contributed by atoms with Crippen molar-refractivity contribution in [2.24, 2.45) is 5.14 Å². The molecule has 15 heavy (non-hydrogen) atoms. The van der Waals surface area contributed by atoms with E-state index in [0.717, 1.165) is 12.3 Å². The van der Waals surface area contributed by atoms with Crippen molar-refractivity contribution >= 4 is 16.0 Å². The number of carboxylic acids is 1. The average molecular weight is 235 g/mol. The zero-order chi connectivity index (χ0) is 12.1. The van der Waals surface area contributed by atoms with Gasteiger partial charge in [-0.1, -0.05) is 6.07 Å². The molecule has 0 heterocycles. The van der Waals surface area contributed by atoms with Crippen LogP contribution in [0.3, 0.4) is 0 Å². The second-order valence-corrected chi connectivity index (χ2v) is 4.30. The van der Waals surface area contributed by atoms with Gasteiger partial charge in [-0.15, -0.1) is 0 Å². The molecule has 0 aliphatic heterocycles. The monoisotopic (exact) mass is 235 g/mol. The van der Waals surface area contributed by atoms with Crippen LogP contribution in [0.5, 0.6) is 0 Å². The van der Waals surface area contributed by atoms with Gasteiger partial charge in [-0.05, 0) is 18.2 Å². The Bertz CT molecular complexity index is 436. The highest BCUT2D eigenvalue weighted by Crippen LogP contribution is 2.02. The molecule has 0 saturated heterocycles. The molecule has 0 radical (unpaired) electrons. The van der Waals surface area contributed by atoms with Gasteiger partial charge in [0, 0.05) is 0 Å². The molecular formula is C8H10FNO4S. The standard InChI is InChI=1S/C7H5FO2.CH5NO2S/c8-6-3-1-2-5(4-6)7(9)10;1-5(2,3)4/h1-4H,(H,9,10);1H3,(H2,2,3,4). The third-order valence-corrected chi connectivity index (χ3v) is 1.07. The van der Waals surface area contributed by atoms with Gasteiger partial charge in [-0.25, -0.2) is 22.7 Å². The first-order valence-electron chi connectivity index (χ1n) is 3.67. The molecule has 0 unspecified atom stereocenters. The normalized spacial score (nSPS) is 10.1. The molecule has 7 heteroatoms. The van der Waals surface area contributed by atoms with Crippen LogP contribution in [0.2, 0.25) is 0 Å². The Balaban J connectivity index is 0.000000336. The van der Waals surface area contributed by atoms with Crippen molar-refractivity contribution in [2.75, 3.05) is 6.26 Å². The zero-order valence-electron chi connectivity index (χ0n) is 7.84. The van der Waals surface area contributed by atoms with E-state index in [2.05, 4.69) is 5.14 Å². The molecule has 0 aliphatic rings. The second-order valence-electron chi connectivity index (χ2n) is 2.65. The number of rotatable bonds is 1. The molecule has 1 aromatic carbocycles. The molecule has 3 N–H and O–H groups in total. The summed E-state index contributed by atoms with van der Waals surface area (Å²) in [4.78, 5) is 10.2. The molecule has 0 fully saturated rings. The number of halogens is 1. The van der Waals surface area contributed by atoms with E-state index < -0.39 is 21.8 Å². The largest absolute Gasteiger partial charge is 0.478 e. The fraction of sp³-hybridized carbons (Fsp3) is 0.125. The molecule has 0 aromatic heterocycles. The summed E-state index contributed by atoms with van der Waals surface area (Å²) in [7, 11) is -3.17. The van der Waals surface area contributed by atoms with Crippen molar-refractivity contribution < 1.29 is 22.7 Å². The molecule has 0 saturated carbocycles. The second kappa shape index (κ2) is 5.42. The van der Waals surface area contributed by atoms with Crippen LogP contribution < -0.4 is 5.14 Å². The number of benzene rings is 1. The highest BCUT2D eigenvalue weighted by Gasteiger charge is 2.01. The lowest BCUT2D eigenvalue weighted by atomic mass is 10.2. The molecular weight excluding hydrogens is 225 g/mol. The predicted octanol–water partition coefficient (Wildman–Crippen LogP) is 0.429. The number of hydrogen-bond acceptors (Lipinski definition) is 3. The maximum Gasteiger partial charge on any atom is 0.335 e. The summed E-state index contributed by atoms with van der Waals surface area (Å²) < 4.78 is 31.1. The summed E-state index contributed by atoms with van der Waals surface area (Å²) in [5.74, 6) is -1.64. The summed E-state index contributed by atoms with van der Waals surface area (Å²) >= 11 is 0. The molecule has 0 aliphatic carbocycles. The Morgan fingerprint density at radius 2 is 1.93 bits per heavy atom. The van der Waals surface area contributed by atoms with E-state index in [4.69, 9.17) is 5.11 Å². The summed E-state index contributed by atoms with van der Waals surface area (Å²) in [6, 6.07) is 4.87. The first kappa shape index (κ1) is 13.5. The molecule has 0 bridgehead atoms. The van der Waals surface area contributed by atoms with Crippen LogP contribution in [0, 0.1) is 5.82 Å². The Morgan fingerprint density at radius 1 is 1.47 bits per heavy atom. The van der Waals surface area contributed by atoms with E-state index >= 15 is 0 Å². The Labute approximate surface area is 86.4 Å². The molecule has 1 aromatic rings. The van der Waals surface area contributed by atoms with E-state index in [9.17, 15) is 17.6 Å². The van der Waals surface area contributed by atoms with Crippen LogP contribution >= 0.6 is 0 Å². The Hall–Kier alpha value is -1.47. The fourth-order valence-electron chi connectivity index (χ4n) is 0.622. The van der Waals surface area contributed by atoms with Gasteiger partial charge in [-0.3, -0.25) is 0 Å². The maximum absolute atomic E-state index is 12.3. The van der Waals surface area contributed by atoms with Gasteiger partial charge >= 0.3 is 5.97 Å². The van der Waals surface area contributed by atoms with Gasteiger partial charge < -0.3 is 5.11 Å². The first-order chi connectivity index (χ1) is 6.70. The number of primary sulfonamides is 1. The average Bonchev–Trinajstić information content (AvgIpc) is 2.00. The Morgan fingerprint density at radius 3 is 2.20 bits per heavy atom. The topological polar surface area (TPSA) is 97.5 Å². The number of carboxylic acid groups (broad SMARTS) is 1. The van der Waals surface area contributed by atoms with Gasteiger partial charge in [0.2, 0.25) is 10.0 Å². The highest BCUT2D eigenvalue weighted by molar-refractivity contribution is 7.88. The molecule has 1 rings (SSSR count). The lowest BCUT2D eigenvalue weighted by Crippen LogP contribution is -2.07. The van der Waals surface area contributed by atoms with E-state index in [1.165, 1.54) is 18.2 Å². The molecule has 0 amide bonds. The van der Waals surface area contributed by atoms with E-state index in [1.807, 2.05) is 0 Å². The van der Waals surface area contributed by atoms with Crippen LogP contribution in [-0.2, 0) is 10.0 Å². The molecule has 5 nitrogen and oxygen atoms in total. The van der Waals surface area contributed by atoms with Crippen molar-refractivity contribution in [3.8, 4) is 0 Å². The quantitative estimate of drug-likeness (QED) is 0.737. The van der Waals surface area contributed by atoms with E-state index in [0.29, 0.717) is 0 Å². The maximum atomic E-state index is 12.3. The highest BCUT2D eigenvalue weighted by atomic mass is 32.2. The van der Waals surface area contributed by atoms with Crippen molar-refractivity contribution in [3.05, 3.63) is 35.6 Å².